The van der Waals surface area contributed by atoms with Crippen LogP contribution in [0, 0.1) is 11.8 Å². The van der Waals surface area contributed by atoms with Crippen LogP contribution in [0.4, 0.5) is 0 Å². The lowest BCUT2D eigenvalue weighted by Gasteiger charge is -2.08. The fourth-order valence-corrected chi connectivity index (χ4v) is 2.65. The zero-order valence-electron chi connectivity index (χ0n) is 11.6. The van der Waals surface area contributed by atoms with Gasteiger partial charge in [-0.1, -0.05) is 23.4 Å². The van der Waals surface area contributed by atoms with Crippen LogP contribution in [0.2, 0.25) is 5.02 Å². The van der Waals surface area contributed by atoms with Gasteiger partial charge in [0, 0.05) is 23.1 Å². The predicted molar refractivity (Wildman–Crippen MR) is 87.7 cm³/mol. The van der Waals surface area contributed by atoms with Crippen molar-refractivity contribution in [3.63, 3.8) is 0 Å². The minimum absolute atomic E-state index is 0.352. The zero-order valence-corrected chi connectivity index (χ0v) is 13.2. The Morgan fingerprint density at radius 1 is 1.33 bits per heavy atom. The van der Waals surface area contributed by atoms with E-state index in [9.17, 15) is 0 Å². The molecule has 0 saturated carbocycles. The topological polar surface area (TPSA) is 48.1 Å². The van der Waals surface area contributed by atoms with Crippen molar-refractivity contribution >= 4 is 23.4 Å². The van der Waals surface area contributed by atoms with Gasteiger partial charge in [-0.25, -0.2) is 4.98 Å². The molecule has 0 aliphatic heterocycles. The monoisotopic (exact) mass is 318 g/mol. The van der Waals surface area contributed by atoms with Crippen LogP contribution in [0.5, 0.6) is 5.75 Å². The molecule has 21 heavy (non-hydrogen) atoms. The van der Waals surface area contributed by atoms with Gasteiger partial charge in [-0.3, -0.25) is 0 Å². The van der Waals surface area contributed by atoms with Crippen LogP contribution in [0.25, 0.3) is 0 Å². The summed E-state index contributed by atoms with van der Waals surface area (Å²) in [5.41, 5.74) is 7.40. The van der Waals surface area contributed by atoms with Crippen molar-refractivity contribution in [2.45, 2.75) is 10.8 Å². The molecule has 0 saturated heterocycles. The van der Waals surface area contributed by atoms with Crippen LogP contribution in [-0.4, -0.2) is 18.6 Å². The molecular formula is C16H15ClN2OS. The number of aromatic nitrogens is 1. The van der Waals surface area contributed by atoms with Gasteiger partial charge in [0.1, 0.15) is 5.75 Å². The van der Waals surface area contributed by atoms with Gasteiger partial charge < -0.3 is 10.5 Å². The minimum Gasteiger partial charge on any atom is -0.496 e. The molecule has 5 heteroatoms. The summed E-state index contributed by atoms with van der Waals surface area (Å²) < 4.78 is 5.38. The normalized spacial score (nSPS) is 9.86. The van der Waals surface area contributed by atoms with Crippen molar-refractivity contribution in [3.8, 4) is 17.6 Å². The van der Waals surface area contributed by atoms with Crippen molar-refractivity contribution in [1.82, 2.24) is 4.98 Å². The smallest absolute Gasteiger partial charge is 0.122 e. The fourth-order valence-electron chi connectivity index (χ4n) is 1.72. The summed E-state index contributed by atoms with van der Waals surface area (Å²) in [5.74, 6) is 7.47. The summed E-state index contributed by atoms with van der Waals surface area (Å²) in [6, 6.07) is 9.60. The van der Waals surface area contributed by atoms with Crippen molar-refractivity contribution < 1.29 is 4.74 Å². The number of ether oxygens (including phenoxy) is 1. The molecule has 0 radical (unpaired) electrons. The molecule has 0 unspecified atom stereocenters. The summed E-state index contributed by atoms with van der Waals surface area (Å²) in [6.45, 7) is 0.352. The number of hydrogen-bond donors (Lipinski definition) is 1. The summed E-state index contributed by atoms with van der Waals surface area (Å²) in [6.07, 6.45) is 1.64. The van der Waals surface area contributed by atoms with Gasteiger partial charge in [0.2, 0.25) is 0 Å². The highest BCUT2D eigenvalue weighted by molar-refractivity contribution is 7.98. The second-order valence-electron chi connectivity index (χ2n) is 4.14. The quantitative estimate of drug-likeness (QED) is 0.694. The molecule has 1 heterocycles. The van der Waals surface area contributed by atoms with Crippen LogP contribution in [0.15, 0.2) is 41.6 Å². The Morgan fingerprint density at radius 2 is 2.19 bits per heavy atom. The summed E-state index contributed by atoms with van der Waals surface area (Å²) in [4.78, 5) is 4.27. The Balaban J connectivity index is 2.15. The van der Waals surface area contributed by atoms with Crippen LogP contribution < -0.4 is 10.5 Å². The van der Waals surface area contributed by atoms with E-state index in [4.69, 9.17) is 22.1 Å². The number of nitrogens with two attached hydrogens (primary N) is 1. The Kier molecular flexibility index (Phi) is 5.94. The van der Waals surface area contributed by atoms with Gasteiger partial charge in [-0.2, -0.15) is 0 Å². The number of halogens is 1. The molecule has 0 aliphatic rings. The van der Waals surface area contributed by atoms with Crippen LogP contribution in [0.3, 0.4) is 0 Å². The average molecular weight is 319 g/mol. The van der Waals surface area contributed by atoms with Crippen molar-refractivity contribution in [3.05, 3.63) is 52.7 Å². The third-order valence-corrected chi connectivity index (χ3v) is 3.91. The highest BCUT2D eigenvalue weighted by Gasteiger charge is 2.05. The Hall–Kier alpha value is -1.67. The van der Waals surface area contributed by atoms with Crippen molar-refractivity contribution in [2.75, 3.05) is 13.7 Å². The number of methoxy groups -OCH3 is 1. The van der Waals surface area contributed by atoms with E-state index in [0.717, 1.165) is 27.7 Å². The number of hydrogen-bond acceptors (Lipinski definition) is 4. The lowest BCUT2D eigenvalue weighted by molar-refractivity contribution is 0.411. The third-order valence-electron chi connectivity index (χ3n) is 2.69. The molecule has 1 aromatic heterocycles. The molecule has 2 rings (SSSR count). The summed E-state index contributed by atoms with van der Waals surface area (Å²) in [7, 11) is 1.66. The van der Waals surface area contributed by atoms with Crippen LogP contribution in [0.1, 0.15) is 11.1 Å². The van der Waals surface area contributed by atoms with Gasteiger partial charge in [0.15, 0.2) is 0 Å². The highest BCUT2D eigenvalue weighted by Crippen LogP contribution is 2.28. The Morgan fingerprint density at radius 3 is 2.86 bits per heavy atom. The molecule has 2 N–H and O–H groups in total. The average Bonchev–Trinajstić information content (AvgIpc) is 2.52. The van der Waals surface area contributed by atoms with E-state index < -0.39 is 0 Å². The van der Waals surface area contributed by atoms with E-state index in [1.165, 1.54) is 0 Å². The number of pyridine rings is 1. The van der Waals surface area contributed by atoms with Gasteiger partial charge in [0.25, 0.3) is 0 Å². The molecule has 3 nitrogen and oxygen atoms in total. The Bertz CT molecular complexity index is 662. The molecule has 0 aliphatic carbocycles. The van der Waals surface area contributed by atoms with Crippen LogP contribution in [-0.2, 0) is 5.75 Å². The molecule has 0 spiro atoms. The molecule has 2 aromatic rings. The van der Waals surface area contributed by atoms with E-state index in [2.05, 4.69) is 16.8 Å². The van der Waals surface area contributed by atoms with Gasteiger partial charge in [0.05, 0.1) is 23.7 Å². The standard InChI is InChI=1S/C16H15ClN2OS/c1-20-15-6-4-12(3-2-8-18)9-13(15)11-21-16-7-5-14(17)10-19-16/h4-7,9-10H,8,11,18H2,1H3. The van der Waals surface area contributed by atoms with Gasteiger partial charge in [-0.15, -0.1) is 11.8 Å². The summed E-state index contributed by atoms with van der Waals surface area (Å²) in [5, 5.41) is 1.55. The van der Waals surface area contributed by atoms with Crippen molar-refractivity contribution in [1.29, 1.82) is 0 Å². The van der Waals surface area contributed by atoms with Gasteiger partial charge in [-0.05, 0) is 30.3 Å². The second-order valence-corrected chi connectivity index (χ2v) is 5.57. The molecule has 0 amide bonds. The SMILES string of the molecule is COc1ccc(C#CCN)cc1CSc1ccc(Cl)cn1. The number of thioether (sulfide) groups is 1. The summed E-state index contributed by atoms with van der Waals surface area (Å²) >= 11 is 7.45. The van der Waals surface area contributed by atoms with Crippen LogP contribution >= 0.6 is 23.4 Å². The lowest BCUT2D eigenvalue weighted by Crippen LogP contribution is -1.94. The number of nitrogens with zero attached hydrogens (tertiary/aromatic N) is 1. The first-order chi connectivity index (χ1) is 10.2. The number of rotatable bonds is 4. The molecule has 108 valence electrons. The molecule has 0 atom stereocenters. The molecule has 0 bridgehead atoms. The highest BCUT2D eigenvalue weighted by atomic mass is 35.5. The van der Waals surface area contributed by atoms with E-state index in [1.807, 2.05) is 30.3 Å². The fraction of sp³-hybridized carbons (Fsp3) is 0.188. The maximum Gasteiger partial charge on any atom is 0.122 e. The van der Waals surface area contributed by atoms with E-state index in [-0.39, 0.29) is 0 Å². The lowest BCUT2D eigenvalue weighted by atomic mass is 10.1. The second kappa shape index (κ2) is 7.94. The molecule has 1 aromatic carbocycles. The van der Waals surface area contributed by atoms with E-state index in [1.54, 1.807) is 25.1 Å². The largest absolute Gasteiger partial charge is 0.496 e. The first-order valence-corrected chi connectivity index (χ1v) is 7.69. The Labute approximate surface area is 133 Å². The maximum absolute atomic E-state index is 5.83. The van der Waals surface area contributed by atoms with E-state index in [0.29, 0.717) is 11.6 Å². The first kappa shape index (κ1) is 15.7. The maximum atomic E-state index is 5.83. The predicted octanol–water partition coefficient (Wildman–Crippen LogP) is 3.35. The molecule has 0 fully saturated rings. The molecular weight excluding hydrogens is 304 g/mol. The third kappa shape index (κ3) is 4.68. The van der Waals surface area contributed by atoms with Crippen molar-refractivity contribution in [2.24, 2.45) is 5.73 Å². The number of benzene rings is 1. The minimum atomic E-state index is 0.352. The first-order valence-electron chi connectivity index (χ1n) is 6.33. The van der Waals surface area contributed by atoms with E-state index >= 15 is 0 Å². The van der Waals surface area contributed by atoms with Gasteiger partial charge >= 0.3 is 0 Å². The zero-order chi connectivity index (χ0) is 15.1.